The van der Waals surface area contributed by atoms with Crippen molar-refractivity contribution in [2.45, 2.75) is 4.90 Å². The largest absolute Gasteiger partial charge is 0.493 e. The van der Waals surface area contributed by atoms with Crippen LogP contribution in [0.15, 0.2) is 53.4 Å². The quantitative estimate of drug-likeness (QED) is 0.386. The van der Waals surface area contributed by atoms with Gasteiger partial charge in [0, 0.05) is 17.8 Å². The third-order valence-electron chi connectivity index (χ3n) is 3.34. The zero-order valence-electron chi connectivity index (χ0n) is 14.1. The topological polar surface area (TPSA) is 114 Å². The number of nitrogens with one attached hydrogen (secondary N) is 2. The van der Waals surface area contributed by atoms with Crippen LogP contribution in [0.4, 0.5) is 5.69 Å². The monoisotopic (exact) mass is 378 g/mol. The first-order valence-corrected chi connectivity index (χ1v) is 8.85. The van der Waals surface area contributed by atoms with Gasteiger partial charge in [-0.1, -0.05) is 12.1 Å². The summed E-state index contributed by atoms with van der Waals surface area (Å²) in [6, 6.07) is 10.7. The number of hydrogen-bond donors (Lipinski definition) is 3. The van der Waals surface area contributed by atoms with Crippen molar-refractivity contribution in [3.05, 3.63) is 54.1 Å². The van der Waals surface area contributed by atoms with E-state index in [1.54, 1.807) is 24.3 Å². The van der Waals surface area contributed by atoms with E-state index in [2.05, 4.69) is 4.72 Å². The Morgan fingerprint density at radius 3 is 2.46 bits per heavy atom. The summed E-state index contributed by atoms with van der Waals surface area (Å²) in [5, 5.41) is 8.46. The summed E-state index contributed by atoms with van der Waals surface area (Å²) in [5.41, 5.74) is 2.35. The molecule has 0 aliphatic carbocycles. The van der Waals surface area contributed by atoms with Gasteiger partial charge in [0.2, 0.25) is 0 Å². The van der Waals surface area contributed by atoms with Gasteiger partial charge in [-0.05, 0) is 35.9 Å². The Hall–Kier alpha value is -3.04. The number of hydroxylamine groups is 1. The number of ether oxygens (including phenoxy) is 2. The van der Waals surface area contributed by atoms with Gasteiger partial charge in [0.1, 0.15) is 0 Å². The molecule has 0 fully saturated rings. The fourth-order valence-corrected chi connectivity index (χ4v) is 3.18. The first-order valence-electron chi connectivity index (χ1n) is 7.36. The second-order valence-corrected chi connectivity index (χ2v) is 6.74. The molecule has 0 bridgehead atoms. The third-order valence-corrected chi connectivity index (χ3v) is 4.72. The van der Waals surface area contributed by atoms with Crippen LogP contribution < -0.4 is 19.7 Å². The lowest BCUT2D eigenvalue weighted by Crippen LogP contribution is -2.14. The highest BCUT2D eigenvalue weighted by atomic mass is 32.2. The summed E-state index contributed by atoms with van der Waals surface area (Å²) in [7, 11) is -0.977. The van der Waals surface area contributed by atoms with Gasteiger partial charge in [-0.15, -0.1) is 0 Å². The molecule has 138 valence electrons. The van der Waals surface area contributed by atoms with Crippen LogP contribution in [0, 0.1) is 0 Å². The highest BCUT2D eigenvalue weighted by molar-refractivity contribution is 7.92. The van der Waals surface area contributed by atoms with Crippen molar-refractivity contribution in [1.29, 1.82) is 0 Å². The van der Waals surface area contributed by atoms with Gasteiger partial charge in [-0.2, -0.15) is 0 Å². The molecule has 2 rings (SSSR count). The molecule has 0 aromatic heterocycles. The lowest BCUT2D eigenvalue weighted by Gasteiger charge is -2.12. The molecule has 3 N–H and O–H groups in total. The zero-order chi connectivity index (χ0) is 19.2. The third kappa shape index (κ3) is 4.74. The lowest BCUT2D eigenvalue weighted by atomic mass is 10.2. The van der Waals surface area contributed by atoms with Crippen LogP contribution in [0.2, 0.25) is 0 Å². The Bertz CT molecular complexity index is 925. The number of sulfonamides is 1. The predicted molar refractivity (Wildman–Crippen MR) is 95.8 cm³/mol. The summed E-state index contributed by atoms with van der Waals surface area (Å²) in [5.74, 6) is 0.0177. The number of carbonyl (C=O) groups is 1. The van der Waals surface area contributed by atoms with E-state index in [4.69, 9.17) is 14.7 Å². The minimum atomic E-state index is -3.85. The average molecular weight is 378 g/mol. The lowest BCUT2D eigenvalue weighted by molar-refractivity contribution is -0.124. The number of carbonyl (C=O) groups excluding carboxylic acids is 1. The van der Waals surface area contributed by atoms with E-state index in [1.807, 2.05) is 0 Å². The average Bonchev–Trinajstić information content (AvgIpc) is 2.65. The normalized spacial score (nSPS) is 11.2. The fourth-order valence-electron chi connectivity index (χ4n) is 2.11. The molecule has 0 radical (unpaired) electrons. The number of benzene rings is 2. The van der Waals surface area contributed by atoms with E-state index in [9.17, 15) is 13.2 Å². The Morgan fingerprint density at radius 2 is 1.81 bits per heavy atom. The zero-order valence-corrected chi connectivity index (χ0v) is 14.9. The molecule has 0 saturated heterocycles. The van der Waals surface area contributed by atoms with Crippen molar-refractivity contribution in [3.8, 4) is 11.5 Å². The fraction of sp³-hybridized carbons (Fsp3) is 0.118. The Labute approximate surface area is 151 Å². The molecule has 9 heteroatoms. The van der Waals surface area contributed by atoms with Crippen molar-refractivity contribution in [2.24, 2.45) is 0 Å². The minimum absolute atomic E-state index is 0.00996. The van der Waals surface area contributed by atoms with Crippen molar-refractivity contribution in [3.63, 3.8) is 0 Å². The molecule has 0 spiro atoms. The standard InChI is InChI=1S/C17H18N2O6S/c1-24-15-8-7-14(11-16(15)25-2)26(22,23)19-13-5-3-4-12(10-13)6-9-17(20)18-21/h3-11,19,21H,1-2H3,(H,18,20). The van der Waals surface area contributed by atoms with Gasteiger partial charge in [-0.25, -0.2) is 13.9 Å². The highest BCUT2D eigenvalue weighted by Gasteiger charge is 2.17. The molecule has 0 unspecified atom stereocenters. The number of amides is 1. The van der Waals surface area contributed by atoms with Crippen LogP contribution in [-0.2, 0) is 14.8 Å². The number of rotatable bonds is 7. The molecule has 0 aliphatic rings. The molecule has 0 atom stereocenters. The van der Waals surface area contributed by atoms with Gasteiger partial charge >= 0.3 is 0 Å². The molecular formula is C17H18N2O6S. The molecule has 8 nitrogen and oxygen atoms in total. The van der Waals surface area contributed by atoms with E-state index in [-0.39, 0.29) is 4.90 Å². The van der Waals surface area contributed by atoms with Crippen LogP contribution in [0.25, 0.3) is 6.08 Å². The molecular weight excluding hydrogens is 360 g/mol. The second kappa shape index (κ2) is 8.37. The smallest absolute Gasteiger partial charge is 0.267 e. The summed E-state index contributed by atoms with van der Waals surface area (Å²) in [6.45, 7) is 0. The Kier molecular flexibility index (Phi) is 6.21. The maximum atomic E-state index is 12.6. The molecule has 2 aromatic carbocycles. The van der Waals surface area contributed by atoms with Crippen molar-refractivity contribution in [2.75, 3.05) is 18.9 Å². The highest BCUT2D eigenvalue weighted by Crippen LogP contribution is 2.30. The molecule has 0 aliphatic heterocycles. The first kappa shape index (κ1) is 19.3. The van der Waals surface area contributed by atoms with E-state index in [0.29, 0.717) is 22.7 Å². The molecule has 0 heterocycles. The van der Waals surface area contributed by atoms with E-state index in [1.165, 1.54) is 44.0 Å². The first-order chi connectivity index (χ1) is 12.4. The summed E-state index contributed by atoms with van der Waals surface area (Å²) >= 11 is 0. The number of anilines is 1. The molecule has 26 heavy (non-hydrogen) atoms. The Balaban J connectivity index is 2.27. The van der Waals surface area contributed by atoms with Crippen LogP contribution >= 0.6 is 0 Å². The van der Waals surface area contributed by atoms with Crippen molar-refractivity contribution >= 4 is 27.7 Å². The van der Waals surface area contributed by atoms with Crippen LogP contribution in [0.3, 0.4) is 0 Å². The van der Waals surface area contributed by atoms with Crippen molar-refractivity contribution < 1.29 is 27.9 Å². The number of hydrogen-bond acceptors (Lipinski definition) is 6. The van der Waals surface area contributed by atoms with E-state index in [0.717, 1.165) is 6.08 Å². The molecule has 2 aromatic rings. The maximum absolute atomic E-state index is 12.6. The predicted octanol–water partition coefficient (Wildman–Crippen LogP) is 2.02. The van der Waals surface area contributed by atoms with E-state index >= 15 is 0 Å². The second-order valence-electron chi connectivity index (χ2n) is 5.06. The van der Waals surface area contributed by atoms with Gasteiger partial charge in [0.15, 0.2) is 11.5 Å². The van der Waals surface area contributed by atoms with Crippen molar-refractivity contribution in [1.82, 2.24) is 5.48 Å². The summed E-state index contributed by atoms with van der Waals surface area (Å²) < 4.78 is 37.8. The van der Waals surface area contributed by atoms with E-state index < -0.39 is 15.9 Å². The van der Waals surface area contributed by atoms with Gasteiger partial charge in [0.05, 0.1) is 19.1 Å². The van der Waals surface area contributed by atoms with Gasteiger partial charge in [0.25, 0.3) is 15.9 Å². The molecule has 0 saturated carbocycles. The number of methoxy groups -OCH3 is 2. The van der Waals surface area contributed by atoms with Gasteiger partial charge in [-0.3, -0.25) is 14.7 Å². The Morgan fingerprint density at radius 1 is 1.08 bits per heavy atom. The maximum Gasteiger partial charge on any atom is 0.267 e. The van der Waals surface area contributed by atoms with Crippen LogP contribution in [-0.4, -0.2) is 33.8 Å². The summed E-state index contributed by atoms with van der Waals surface area (Å²) in [4.78, 5) is 11.0. The van der Waals surface area contributed by atoms with Gasteiger partial charge < -0.3 is 9.47 Å². The SMILES string of the molecule is COc1ccc(S(=O)(=O)Nc2cccc(C=CC(=O)NO)c2)cc1OC. The summed E-state index contributed by atoms with van der Waals surface area (Å²) in [6.07, 6.45) is 2.54. The van der Waals surface area contributed by atoms with Crippen LogP contribution in [0.5, 0.6) is 11.5 Å². The minimum Gasteiger partial charge on any atom is -0.493 e. The molecule has 1 amide bonds. The van der Waals surface area contributed by atoms with Crippen LogP contribution in [0.1, 0.15) is 5.56 Å².